The third-order valence-corrected chi connectivity index (χ3v) is 7.21. The maximum absolute atomic E-state index is 12.9. The molecule has 0 spiro atoms. The highest BCUT2D eigenvalue weighted by molar-refractivity contribution is 7.89. The van der Waals surface area contributed by atoms with Crippen molar-refractivity contribution >= 4 is 50.7 Å². The number of nitrogens with one attached hydrogen (secondary N) is 2. The Morgan fingerprint density at radius 3 is 2.48 bits per heavy atom. The quantitative estimate of drug-likeness (QED) is 0.626. The van der Waals surface area contributed by atoms with Gasteiger partial charge in [0.25, 0.3) is 5.91 Å². The number of halogens is 2. The summed E-state index contributed by atoms with van der Waals surface area (Å²) in [5.41, 5.74) is 0.406. The summed E-state index contributed by atoms with van der Waals surface area (Å²) in [6.45, 7) is 0.504. The lowest BCUT2D eigenvalue weighted by molar-refractivity contribution is -0.115. The summed E-state index contributed by atoms with van der Waals surface area (Å²) in [6.07, 6.45) is 1.57. The van der Waals surface area contributed by atoms with E-state index in [4.69, 9.17) is 27.9 Å². The van der Waals surface area contributed by atoms with Crippen LogP contribution in [-0.2, 0) is 14.8 Å². The van der Waals surface area contributed by atoms with E-state index in [0.29, 0.717) is 28.8 Å². The van der Waals surface area contributed by atoms with Crippen LogP contribution >= 0.6 is 23.2 Å². The van der Waals surface area contributed by atoms with Gasteiger partial charge in [-0.3, -0.25) is 9.59 Å². The molecule has 1 aliphatic heterocycles. The highest BCUT2D eigenvalue weighted by Gasteiger charge is 2.30. The van der Waals surface area contributed by atoms with Gasteiger partial charge in [0.1, 0.15) is 10.6 Å². The molecule has 0 unspecified atom stereocenters. The van der Waals surface area contributed by atoms with E-state index in [2.05, 4.69) is 10.6 Å². The molecule has 8 nitrogen and oxygen atoms in total. The topological polar surface area (TPSA) is 105 Å². The SMILES string of the molecule is COc1ccc(C(=O)NCC(=O)Nc2cc(Cl)ccc2Cl)cc1S(=O)(=O)N1CCCC1. The van der Waals surface area contributed by atoms with E-state index < -0.39 is 21.8 Å². The molecule has 31 heavy (non-hydrogen) atoms. The van der Waals surface area contributed by atoms with E-state index in [0.717, 1.165) is 12.8 Å². The summed E-state index contributed by atoms with van der Waals surface area (Å²) in [5, 5.41) is 5.72. The maximum Gasteiger partial charge on any atom is 0.251 e. The molecule has 0 aromatic heterocycles. The zero-order valence-corrected chi connectivity index (χ0v) is 19.0. The molecular weight excluding hydrogens is 465 g/mol. The first-order valence-corrected chi connectivity index (χ1v) is 11.6. The molecule has 1 aliphatic rings. The number of hydrogen-bond acceptors (Lipinski definition) is 5. The molecule has 0 aliphatic carbocycles. The average Bonchev–Trinajstić information content (AvgIpc) is 3.30. The summed E-state index contributed by atoms with van der Waals surface area (Å²) < 4.78 is 32.4. The second-order valence-corrected chi connectivity index (χ2v) is 9.58. The fourth-order valence-electron chi connectivity index (χ4n) is 3.14. The number of ether oxygens (including phenoxy) is 1. The maximum atomic E-state index is 12.9. The Labute approximate surface area is 190 Å². The predicted octanol–water partition coefficient (Wildman–Crippen LogP) is 3.16. The molecule has 11 heteroatoms. The lowest BCUT2D eigenvalue weighted by Crippen LogP contribution is -2.33. The molecule has 2 aromatic rings. The Hall–Kier alpha value is -2.33. The molecule has 0 saturated carbocycles. The summed E-state index contributed by atoms with van der Waals surface area (Å²) in [6, 6.07) is 8.72. The minimum atomic E-state index is -3.80. The highest BCUT2D eigenvalue weighted by atomic mass is 35.5. The third kappa shape index (κ3) is 5.48. The first-order valence-electron chi connectivity index (χ1n) is 9.43. The second kappa shape index (κ2) is 9.86. The zero-order valence-electron chi connectivity index (χ0n) is 16.7. The molecule has 3 rings (SSSR count). The first kappa shape index (κ1) is 23.3. The van der Waals surface area contributed by atoms with Gasteiger partial charge in [0.15, 0.2) is 0 Å². The Bertz CT molecular complexity index is 1100. The number of anilines is 1. The molecule has 0 atom stereocenters. The van der Waals surface area contributed by atoms with Crippen LogP contribution in [0.25, 0.3) is 0 Å². The van der Waals surface area contributed by atoms with Crippen molar-refractivity contribution in [3.63, 3.8) is 0 Å². The van der Waals surface area contributed by atoms with Crippen molar-refractivity contribution < 1.29 is 22.7 Å². The number of carbonyl (C=O) groups is 2. The van der Waals surface area contributed by atoms with Crippen LogP contribution in [0.1, 0.15) is 23.2 Å². The summed E-state index contributed by atoms with van der Waals surface area (Å²) in [5.74, 6) is -0.972. The van der Waals surface area contributed by atoms with E-state index in [1.54, 1.807) is 6.07 Å². The highest BCUT2D eigenvalue weighted by Crippen LogP contribution is 2.30. The van der Waals surface area contributed by atoms with Gasteiger partial charge in [-0.15, -0.1) is 0 Å². The summed E-state index contributed by atoms with van der Waals surface area (Å²) >= 11 is 11.9. The van der Waals surface area contributed by atoms with E-state index in [1.165, 1.54) is 41.7 Å². The fraction of sp³-hybridized carbons (Fsp3) is 0.300. The average molecular weight is 486 g/mol. The van der Waals surface area contributed by atoms with Gasteiger partial charge in [-0.2, -0.15) is 4.31 Å². The monoisotopic (exact) mass is 485 g/mol. The molecule has 166 valence electrons. The van der Waals surface area contributed by atoms with Crippen LogP contribution in [0.2, 0.25) is 10.0 Å². The van der Waals surface area contributed by atoms with Gasteiger partial charge in [-0.1, -0.05) is 23.2 Å². The number of sulfonamides is 1. The van der Waals surface area contributed by atoms with E-state index in [9.17, 15) is 18.0 Å². The van der Waals surface area contributed by atoms with Gasteiger partial charge in [0, 0.05) is 23.7 Å². The predicted molar refractivity (Wildman–Crippen MR) is 118 cm³/mol. The molecule has 1 saturated heterocycles. The number of amides is 2. The van der Waals surface area contributed by atoms with Crippen molar-refractivity contribution in [2.75, 3.05) is 32.1 Å². The number of hydrogen-bond donors (Lipinski definition) is 2. The Kier molecular flexibility index (Phi) is 7.42. The van der Waals surface area contributed by atoms with Crippen molar-refractivity contribution in [3.8, 4) is 5.75 Å². The van der Waals surface area contributed by atoms with Crippen LogP contribution < -0.4 is 15.4 Å². The van der Waals surface area contributed by atoms with Gasteiger partial charge in [0.05, 0.1) is 24.4 Å². The van der Waals surface area contributed by atoms with Crippen molar-refractivity contribution in [1.29, 1.82) is 0 Å². The van der Waals surface area contributed by atoms with Crippen LogP contribution in [0.4, 0.5) is 5.69 Å². The molecule has 2 amide bonds. The van der Waals surface area contributed by atoms with Crippen LogP contribution in [0, 0.1) is 0 Å². The van der Waals surface area contributed by atoms with Crippen molar-refractivity contribution in [2.45, 2.75) is 17.7 Å². The summed E-state index contributed by atoms with van der Waals surface area (Å²) in [7, 11) is -2.43. The minimum Gasteiger partial charge on any atom is -0.495 e. The van der Waals surface area contributed by atoms with Gasteiger partial charge in [0.2, 0.25) is 15.9 Å². The van der Waals surface area contributed by atoms with Gasteiger partial charge < -0.3 is 15.4 Å². The minimum absolute atomic E-state index is 0.0836. The number of benzene rings is 2. The largest absolute Gasteiger partial charge is 0.495 e. The first-order chi connectivity index (χ1) is 14.7. The van der Waals surface area contributed by atoms with Crippen LogP contribution in [0.15, 0.2) is 41.3 Å². The van der Waals surface area contributed by atoms with Gasteiger partial charge in [-0.25, -0.2) is 8.42 Å². The zero-order chi connectivity index (χ0) is 22.6. The summed E-state index contributed by atoms with van der Waals surface area (Å²) in [4.78, 5) is 24.6. The fourth-order valence-corrected chi connectivity index (χ4v) is 5.17. The Balaban J connectivity index is 1.71. The smallest absolute Gasteiger partial charge is 0.251 e. The molecule has 0 radical (unpaired) electrons. The van der Waals surface area contributed by atoms with Crippen molar-refractivity contribution in [2.24, 2.45) is 0 Å². The molecule has 2 aromatic carbocycles. The van der Waals surface area contributed by atoms with E-state index >= 15 is 0 Å². The number of methoxy groups -OCH3 is 1. The standard InChI is InChI=1S/C20H21Cl2N3O5S/c1-30-17-7-4-13(10-18(17)31(28,29)25-8-2-3-9-25)20(27)23-12-19(26)24-16-11-14(21)5-6-15(16)22/h4-7,10-11H,2-3,8-9,12H2,1H3,(H,23,27)(H,24,26). The van der Waals surface area contributed by atoms with Crippen LogP contribution in [0.5, 0.6) is 5.75 Å². The van der Waals surface area contributed by atoms with Gasteiger partial charge in [-0.05, 0) is 49.2 Å². The van der Waals surface area contributed by atoms with Gasteiger partial charge >= 0.3 is 0 Å². The molecule has 0 bridgehead atoms. The van der Waals surface area contributed by atoms with Crippen LogP contribution in [0.3, 0.4) is 0 Å². The molecule has 1 fully saturated rings. The molecule has 1 heterocycles. The van der Waals surface area contributed by atoms with E-state index in [-0.39, 0.29) is 22.8 Å². The van der Waals surface area contributed by atoms with E-state index in [1.807, 2.05) is 0 Å². The number of nitrogens with zero attached hydrogens (tertiary/aromatic N) is 1. The van der Waals surface area contributed by atoms with Crippen LogP contribution in [-0.4, -0.2) is 51.3 Å². The van der Waals surface area contributed by atoms with Crippen molar-refractivity contribution in [1.82, 2.24) is 9.62 Å². The number of rotatable bonds is 7. The lowest BCUT2D eigenvalue weighted by atomic mass is 10.2. The molecule has 2 N–H and O–H groups in total. The Morgan fingerprint density at radius 1 is 1.10 bits per heavy atom. The normalized spacial score (nSPS) is 14.3. The molecular formula is C20H21Cl2N3O5S. The second-order valence-electron chi connectivity index (χ2n) is 6.83. The number of carbonyl (C=O) groups excluding carboxylic acids is 2. The lowest BCUT2D eigenvalue weighted by Gasteiger charge is -2.18. The van der Waals surface area contributed by atoms with Crippen molar-refractivity contribution in [3.05, 3.63) is 52.0 Å². The Morgan fingerprint density at radius 2 is 1.81 bits per heavy atom. The third-order valence-electron chi connectivity index (χ3n) is 4.72.